The molecular weight excluding hydrogens is 196 g/mol. The number of carbonyl (C=O) groups is 1. The normalized spacial score (nSPS) is 15.2. The second-order valence-electron chi connectivity index (χ2n) is 4.24. The van der Waals surface area contributed by atoms with Crippen LogP contribution in [0.3, 0.4) is 0 Å². The number of Topliss-reactive ketones (excluding diaryl/α,β-unsaturated/α-hetero) is 1. The molecule has 0 heterocycles. The first-order valence-corrected chi connectivity index (χ1v) is 5.50. The van der Waals surface area contributed by atoms with Gasteiger partial charge in [-0.25, -0.2) is 0 Å². The van der Waals surface area contributed by atoms with Crippen molar-refractivity contribution >= 4 is 22.1 Å². The first kappa shape index (κ1) is 9.34. The van der Waals surface area contributed by atoms with Gasteiger partial charge in [0.25, 0.3) is 0 Å². The van der Waals surface area contributed by atoms with Crippen LogP contribution in [0, 0.1) is 0 Å². The molecule has 0 atom stereocenters. The molecule has 1 nitrogen and oxygen atoms in total. The predicted molar refractivity (Wildman–Crippen MR) is 66.5 cm³/mol. The standard InChI is InChI=1S/C15H12O/c1-10-6-9-14(16)13-8-7-11-4-2-3-5-12(11)15(10)13/h2-5,7-8H,1,6,9H2. The van der Waals surface area contributed by atoms with E-state index in [2.05, 4.69) is 18.7 Å². The Bertz CT molecular complexity index is 608. The molecule has 0 aliphatic heterocycles. The summed E-state index contributed by atoms with van der Waals surface area (Å²) in [6.07, 6.45) is 1.39. The number of carbonyl (C=O) groups excluding carboxylic acids is 1. The average molecular weight is 208 g/mol. The quantitative estimate of drug-likeness (QED) is 0.643. The lowest BCUT2D eigenvalue weighted by atomic mass is 9.84. The van der Waals surface area contributed by atoms with Crippen LogP contribution in [-0.2, 0) is 0 Å². The zero-order valence-corrected chi connectivity index (χ0v) is 8.99. The van der Waals surface area contributed by atoms with E-state index in [1.807, 2.05) is 24.3 Å². The van der Waals surface area contributed by atoms with Crippen LogP contribution in [0.1, 0.15) is 28.8 Å². The van der Waals surface area contributed by atoms with Crippen molar-refractivity contribution in [2.45, 2.75) is 12.8 Å². The Morgan fingerprint density at radius 1 is 1.00 bits per heavy atom. The van der Waals surface area contributed by atoms with Gasteiger partial charge in [-0.1, -0.05) is 43.0 Å². The summed E-state index contributed by atoms with van der Waals surface area (Å²) in [5.74, 6) is 0.244. The van der Waals surface area contributed by atoms with Gasteiger partial charge in [-0.05, 0) is 28.3 Å². The van der Waals surface area contributed by atoms with Crippen LogP contribution in [0.5, 0.6) is 0 Å². The van der Waals surface area contributed by atoms with Gasteiger partial charge in [0.15, 0.2) is 5.78 Å². The van der Waals surface area contributed by atoms with Crippen molar-refractivity contribution in [1.29, 1.82) is 0 Å². The highest BCUT2D eigenvalue weighted by atomic mass is 16.1. The number of hydrogen-bond acceptors (Lipinski definition) is 1. The molecule has 1 aliphatic carbocycles. The fraction of sp³-hybridized carbons (Fsp3) is 0.133. The fourth-order valence-corrected chi connectivity index (χ4v) is 2.41. The largest absolute Gasteiger partial charge is 0.294 e. The fourth-order valence-electron chi connectivity index (χ4n) is 2.41. The van der Waals surface area contributed by atoms with Gasteiger partial charge < -0.3 is 0 Å². The molecule has 2 aromatic rings. The van der Waals surface area contributed by atoms with Crippen molar-refractivity contribution in [2.75, 3.05) is 0 Å². The van der Waals surface area contributed by atoms with Gasteiger partial charge in [0.1, 0.15) is 0 Å². The van der Waals surface area contributed by atoms with Crippen molar-refractivity contribution in [3.05, 3.63) is 54.1 Å². The lowest BCUT2D eigenvalue weighted by Gasteiger charge is -2.19. The maximum absolute atomic E-state index is 11.8. The summed E-state index contributed by atoms with van der Waals surface area (Å²) in [5, 5.41) is 2.33. The minimum Gasteiger partial charge on any atom is -0.294 e. The number of rotatable bonds is 0. The smallest absolute Gasteiger partial charge is 0.163 e. The van der Waals surface area contributed by atoms with Gasteiger partial charge in [0.2, 0.25) is 0 Å². The van der Waals surface area contributed by atoms with E-state index < -0.39 is 0 Å². The monoisotopic (exact) mass is 208 g/mol. The summed E-state index contributed by atoms with van der Waals surface area (Å²) in [5.41, 5.74) is 3.00. The summed E-state index contributed by atoms with van der Waals surface area (Å²) in [7, 11) is 0. The van der Waals surface area contributed by atoms with Gasteiger partial charge in [0.05, 0.1) is 0 Å². The van der Waals surface area contributed by atoms with E-state index in [9.17, 15) is 4.79 Å². The molecule has 16 heavy (non-hydrogen) atoms. The van der Waals surface area contributed by atoms with Crippen LogP contribution in [0.25, 0.3) is 16.3 Å². The van der Waals surface area contributed by atoms with Gasteiger partial charge in [-0.15, -0.1) is 0 Å². The van der Waals surface area contributed by atoms with Crippen LogP contribution in [0.15, 0.2) is 43.0 Å². The van der Waals surface area contributed by atoms with Crippen LogP contribution >= 0.6 is 0 Å². The molecule has 0 spiro atoms. The Kier molecular flexibility index (Phi) is 1.93. The Balaban J connectivity index is 2.44. The second kappa shape index (κ2) is 3.31. The van der Waals surface area contributed by atoms with Crippen LogP contribution < -0.4 is 0 Å². The average Bonchev–Trinajstić information content (AvgIpc) is 2.33. The molecule has 0 amide bonds. The Morgan fingerprint density at radius 2 is 1.81 bits per heavy atom. The molecule has 1 aliphatic rings. The molecule has 0 N–H and O–H groups in total. The molecular formula is C15H12O. The Morgan fingerprint density at radius 3 is 2.69 bits per heavy atom. The van der Waals surface area contributed by atoms with Gasteiger partial charge in [-0.2, -0.15) is 0 Å². The predicted octanol–water partition coefficient (Wildman–Crippen LogP) is 3.83. The number of hydrogen-bond donors (Lipinski definition) is 0. The summed E-state index contributed by atoms with van der Waals surface area (Å²) < 4.78 is 0. The molecule has 0 radical (unpaired) electrons. The first-order valence-electron chi connectivity index (χ1n) is 5.50. The SMILES string of the molecule is C=C1CCC(=O)c2ccc3ccccc3c21. The zero-order valence-electron chi connectivity index (χ0n) is 8.99. The van der Waals surface area contributed by atoms with Crippen molar-refractivity contribution in [3.63, 3.8) is 0 Å². The third-order valence-corrected chi connectivity index (χ3v) is 3.24. The molecule has 1 heteroatoms. The minimum atomic E-state index is 0.244. The second-order valence-corrected chi connectivity index (χ2v) is 4.24. The highest BCUT2D eigenvalue weighted by molar-refractivity contribution is 6.10. The van der Waals surface area contributed by atoms with E-state index >= 15 is 0 Å². The van der Waals surface area contributed by atoms with Crippen molar-refractivity contribution < 1.29 is 4.79 Å². The summed E-state index contributed by atoms with van der Waals surface area (Å²) in [4.78, 5) is 11.8. The van der Waals surface area contributed by atoms with E-state index in [4.69, 9.17) is 0 Å². The maximum atomic E-state index is 11.8. The van der Waals surface area contributed by atoms with Crippen molar-refractivity contribution in [3.8, 4) is 0 Å². The molecule has 0 fully saturated rings. The molecule has 0 saturated heterocycles. The molecule has 78 valence electrons. The van der Waals surface area contributed by atoms with Crippen LogP contribution in [-0.4, -0.2) is 5.78 Å². The Hall–Kier alpha value is -1.89. The van der Waals surface area contributed by atoms with Gasteiger partial charge in [0, 0.05) is 12.0 Å². The highest BCUT2D eigenvalue weighted by Gasteiger charge is 2.21. The third kappa shape index (κ3) is 1.21. The lowest BCUT2D eigenvalue weighted by Crippen LogP contribution is -2.09. The van der Waals surface area contributed by atoms with E-state index in [-0.39, 0.29) is 5.78 Å². The number of benzene rings is 2. The van der Waals surface area contributed by atoms with E-state index in [1.165, 1.54) is 5.39 Å². The van der Waals surface area contributed by atoms with E-state index in [0.29, 0.717) is 6.42 Å². The molecule has 0 aromatic heterocycles. The summed E-state index contributed by atoms with van der Waals surface area (Å²) in [6.45, 7) is 4.09. The minimum absolute atomic E-state index is 0.244. The number of fused-ring (bicyclic) bond motifs is 3. The highest BCUT2D eigenvalue weighted by Crippen LogP contribution is 2.34. The number of ketones is 1. The first-order chi connectivity index (χ1) is 7.77. The van der Waals surface area contributed by atoms with E-state index in [1.54, 1.807) is 0 Å². The maximum Gasteiger partial charge on any atom is 0.163 e. The van der Waals surface area contributed by atoms with E-state index in [0.717, 1.165) is 28.5 Å². The molecule has 0 bridgehead atoms. The van der Waals surface area contributed by atoms with Crippen LogP contribution in [0.2, 0.25) is 0 Å². The Labute approximate surface area is 94.4 Å². The van der Waals surface area contributed by atoms with Crippen molar-refractivity contribution in [1.82, 2.24) is 0 Å². The lowest BCUT2D eigenvalue weighted by molar-refractivity contribution is 0.0981. The third-order valence-electron chi connectivity index (χ3n) is 3.24. The molecule has 0 unspecified atom stereocenters. The van der Waals surface area contributed by atoms with Crippen molar-refractivity contribution in [2.24, 2.45) is 0 Å². The molecule has 3 rings (SSSR count). The molecule has 2 aromatic carbocycles. The van der Waals surface area contributed by atoms with Crippen LogP contribution in [0.4, 0.5) is 0 Å². The topological polar surface area (TPSA) is 17.1 Å². The summed E-state index contributed by atoms with van der Waals surface area (Å²) in [6, 6.07) is 12.1. The number of allylic oxidation sites excluding steroid dienone is 1. The zero-order chi connectivity index (χ0) is 11.1. The van der Waals surface area contributed by atoms with Gasteiger partial charge >= 0.3 is 0 Å². The summed E-state index contributed by atoms with van der Waals surface area (Å²) >= 11 is 0. The molecule has 0 saturated carbocycles. The van der Waals surface area contributed by atoms with Gasteiger partial charge in [-0.3, -0.25) is 4.79 Å².